The van der Waals surface area contributed by atoms with E-state index in [1.807, 2.05) is 36.4 Å². The second kappa shape index (κ2) is 7.26. The van der Waals surface area contributed by atoms with Crippen LogP contribution in [0.2, 0.25) is 0 Å². The number of ether oxygens (including phenoxy) is 1. The Morgan fingerprint density at radius 3 is 2.70 bits per heavy atom. The fourth-order valence-corrected chi connectivity index (χ4v) is 2.42. The van der Waals surface area contributed by atoms with Gasteiger partial charge in [-0.05, 0) is 17.5 Å². The first-order valence-electron chi connectivity index (χ1n) is 6.39. The fraction of sp³-hybridized carbons (Fsp3) is 0.267. The van der Waals surface area contributed by atoms with E-state index in [-0.39, 0.29) is 12.5 Å². The number of anilines is 1. The molecule has 4 nitrogen and oxygen atoms in total. The van der Waals surface area contributed by atoms with Gasteiger partial charge in [0.25, 0.3) is 0 Å². The molecule has 0 atom stereocenters. The number of halogens is 1. The van der Waals surface area contributed by atoms with Crippen LogP contribution in [0.25, 0.3) is 10.8 Å². The number of hydrogen-bond donors (Lipinski definition) is 2. The zero-order chi connectivity index (χ0) is 14.4. The molecule has 20 heavy (non-hydrogen) atoms. The second-order valence-electron chi connectivity index (χ2n) is 4.34. The van der Waals surface area contributed by atoms with Crippen molar-refractivity contribution < 1.29 is 9.53 Å². The van der Waals surface area contributed by atoms with Crippen molar-refractivity contribution in [2.45, 2.75) is 0 Å². The maximum Gasteiger partial charge on any atom is 0.239 e. The summed E-state index contributed by atoms with van der Waals surface area (Å²) in [5, 5.41) is 8.16. The van der Waals surface area contributed by atoms with Crippen LogP contribution in [-0.4, -0.2) is 32.7 Å². The molecule has 0 aromatic heterocycles. The van der Waals surface area contributed by atoms with E-state index in [0.29, 0.717) is 13.2 Å². The third kappa shape index (κ3) is 3.71. The summed E-state index contributed by atoms with van der Waals surface area (Å²) in [5.74, 6) is -0.0472. The van der Waals surface area contributed by atoms with Crippen molar-refractivity contribution in [3.63, 3.8) is 0 Å². The van der Waals surface area contributed by atoms with E-state index in [9.17, 15) is 4.79 Å². The van der Waals surface area contributed by atoms with E-state index >= 15 is 0 Å². The summed E-state index contributed by atoms with van der Waals surface area (Å²) in [6.07, 6.45) is 0. The molecule has 0 aliphatic heterocycles. The lowest BCUT2D eigenvalue weighted by atomic mass is 10.1. The zero-order valence-electron chi connectivity index (χ0n) is 11.3. The van der Waals surface area contributed by atoms with Gasteiger partial charge in [0.2, 0.25) is 5.91 Å². The Balaban J connectivity index is 2.03. The van der Waals surface area contributed by atoms with Gasteiger partial charge in [0, 0.05) is 29.2 Å². The number of methoxy groups -OCH3 is 1. The molecule has 0 saturated heterocycles. The lowest BCUT2D eigenvalue weighted by Crippen LogP contribution is -2.32. The van der Waals surface area contributed by atoms with Gasteiger partial charge in [-0.2, -0.15) is 0 Å². The van der Waals surface area contributed by atoms with E-state index < -0.39 is 0 Å². The number of fused-ring (bicyclic) bond motifs is 1. The Morgan fingerprint density at radius 1 is 1.20 bits per heavy atom. The quantitative estimate of drug-likeness (QED) is 0.797. The lowest BCUT2D eigenvalue weighted by molar-refractivity contribution is -0.119. The van der Waals surface area contributed by atoms with E-state index in [2.05, 4.69) is 26.6 Å². The number of nitrogens with one attached hydrogen (secondary N) is 2. The van der Waals surface area contributed by atoms with Crippen LogP contribution in [0.1, 0.15) is 0 Å². The molecule has 0 fully saturated rings. The molecule has 0 aliphatic rings. The summed E-state index contributed by atoms with van der Waals surface area (Å²) >= 11 is 3.53. The van der Waals surface area contributed by atoms with Gasteiger partial charge < -0.3 is 15.4 Å². The number of carbonyl (C=O) groups excluding carboxylic acids is 1. The fourth-order valence-electron chi connectivity index (χ4n) is 1.95. The molecule has 2 N–H and O–H groups in total. The van der Waals surface area contributed by atoms with Crippen molar-refractivity contribution in [1.82, 2.24) is 5.32 Å². The van der Waals surface area contributed by atoms with Crippen molar-refractivity contribution >= 4 is 38.3 Å². The third-order valence-electron chi connectivity index (χ3n) is 2.94. The molecule has 0 bridgehead atoms. The highest BCUT2D eigenvalue weighted by atomic mass is 79.9. The van der Waals surface area contributed by atoms with Crippen LogP contribution in [0.4, 0.5) is 5.69 Å². The summed E-state index contributed by atoms with van der Waals surface area (Å²) < 4.78 is 5.93. The highest BCUT2D eigenvalue weighted by molar-refractivity contribution is 9.10. The third-order valence-corrected chi connectivity index (χ3v) is 3.63. The second-order valence-corrected chi connectivity index (χ2v) is 5.19. The maximum atomic E-state index is 11.7. The van der Waals surface area contributed by atoms with E-state index in [1.54, 1.807) is 7.11 Å². The van der Waals surface area contributed by atoms with Gasteiger partial charge in [-0.3, -0.25) is 4.79 Å². The number of benzene rings is 2. The number of rotatable bonds is 6. The summed E-state index contributed by atoms with van der Waals surface area (Å²) in [6.45, 7) is 1.29. The van der Waals surface area contributed by atoms with Gasteiger partial charge in [-0.25, -0.2) is 0 Å². The SMILES string of the molecule is COCCNC(=O)CNc1ccc(Br)c2ccccc12. The highest BCUT2D eigenvalue weighted by Crippen LogP contribution is 2.29. The summed E-state index contributed by atoms with van der Waals surface area (Å²) in [5.41, 5.74) is 0.950. The standard InChI is InChI=1S/C15H17BrN2O2/c1-20-9-8-17-15(19)10-18-14-7-6-13(16)11-4-2-3-5-12(11)14/h2-7,18H,8-10H2,1H3,(H,17,19). The highest BCUT2D eigenvalue weighted by Gasteiger charge is 2.05. The number of carbonyl (C=O) groups is 1. The molecule has 2 aromatic rings. The molecule has 0 unspecified atom stereocenters. The minimum absolute atomic E-state index is 0.0472. The van der Waals surface area contributed by atoms with Crippen molar-refractivity contribution in [2.24, 2.45) is 0 Å². The average molecular weight is 337 g/mol. The van der Waals surface area contributed by atoms with Crippen LogP contribution in [-0.2, 0) is 9.53 Å². The Labute approximate surface area is 126 Å². The Kier molecular flexibility index (Phi) is 5.38. The lowest BCUT2D eigenvalue weighted by Gasteiger charge is -2.11. The van der Waals surface area contributed by atoms with Crippen LogP contribution in [0.5, 0.6) is 0 Å². The molecular weight excluding hydrogens is 320 g/mol. The predicted octanol–water partition coefficient (Wildman–Crippen LogP) is 2.78. The van der Waals surface area contributed by atoms with Gasteiger partial charge in [0.1, 0.15) is 0 Å². The molecule has 0 saturated carbocycles. The normalized spacial score (nSPS) is 10.5. The van der Waals surface area contributed by atoms with Gasteiger partial charge in [0.05, 0.1) is 13.2 Å². The molecule has 2 aromatic carbocycles. The first-order valence-corrected chi connectivity index (χ1v) is 7.18. The largest absolute Gasteiger partial charge is 0.383 e. The van der Waals surface area contributed by atoms with Gasteiger partial charge >= 0.3 is 0 Å². The molecule has 0 heterocycles. The summed E-state index contributed by atoms with van der Waals surface area (Å²) in [6, 6.07) is 12.0. The van der Waals surface area contributed by atoms with E-state index in [4.69, 9.17) is 4.74 Å². The summed E-state index contributed by atoms with van der Waals surface area (Å²) in [7, 11) is 1.61. The first kappa shape index (κ1) is 14.8. The minimum atomic E-state index is -0.0472. The van der Waals surface area contributed by atoms with Crippen molar-refractivity contribution in [3.8, 4) is 0 Å². The van der Waals surface area contributed by atoms with Gasteiger partial charge in [-0.1, -0.05) is 40.2 Å². The maximum absolute atomic E-state index is 11.7. The molecule has 0 radical (unpaired) electrons. The van der Waals surface area contributed by atoms with Crippen LogP contribution < -0.4 is 10.6 Å². The zero-order valence-corrected chi connectivity index (χ0v) is 12.9. The monoisotopic (exact) mass is 336 g/mol. The Bertz CT molecular complexity index is 601. The van der Waals surface area contributed by atoms with Crippen molar-refractivity contribution in [3.05, 3.63) is 40.9 Å². The van der Waals surface area contributed by atoms with Crippen LogP contribution in [0, 0.1) is 0 Å². The number of amides is 1. The Hall–Kier alpha value is -1.59. The van der Waals surface area contributed by atoms with Crippen molar-refractivity contribution in [2.75, 3.05) is 32.1 Å². The van der Waals surface area contributed by atoms with Crippen LogP contribution in [0.3, 0.4) is 0 Å². The summed E-state index contributed by atoms with van der Waals surface area (Å²) in [4.78, 5) is 11.7. The molecule has 0 aliphatic carbocycles. The molecule has 1 amide bonds. The smallest absolute Gasteiger partial charge is 0.239 e. The Morgan fingerprint density at radius 2 is 1.95 bits per heavy atom. The molecular formula is C15H17BrN2O2. The van der Waals surface area contributed by atoms with Gasteiger partial charge in [0.15, 0.2) is 0 Å². The van der Waals surface area contributed by atoms with E-state index in [1.165, 1.54) is 0 Å². The van der Waals surface area contributed by atoms with E-state index in [0.717, 1.165) is 20.9 Å². The number of hydrogen-bond acceptors (Lipinski definition) is 3. The van der Waals surface area contributed by atoms with Crippen LogP contribution in [0.15, 0.2) is 40.9 Å². The average Bonchev–Trinajstić information content (AvgIpc) is 2.47. The molecule has 5 heteroatoms. The molecule has 2 rings (SSSR count). The minimum Gasteiger partial charge on any atom is -0.383 e. The van der Waals surface area contributed by atoms with Gasteiger partial charge in [-0.15, -0.1) is 0 Å². The van der Waals surface area contributed by atoms with Crippen LogP contribution >= 0.6 is 15.9 Å². The topological polar surface area (TPSA) is 50.4 Å². The predicted molar refractivity (Wildman–Crippen MR) is 85.0 cm³/mol. The molecule has 0 spiro atoms. The van der Waals surface area contributed by atoms with Crippen molar-refractivity contribution in [1.29, 1.82) is 0 Å². The molecule has 106 valence electrons. The first-order chi connectivity index (χ1) is 9.72.